The van der Waals surface area contributed by atoms with Crippen LogP contribution in [0.2, 0.25) is 10.0 Å². The molecule has 1 aromatic heterocycles. The van der Waals surface area contributed by atoms with Crippen LogP contribution >= 0.6 is 34.5 Å². The maximum absolute atomic E-state index is 12.3. The van der Waals surface area contributed by atoms with Crippen LogP contribution in [0.4, 0.5) is 0 Å². The molecular weight excluding hydrogens is 341 g/mol. The zero-order chi connectivity index (χ0) is 16.4. The van der Waals surface area contributed by atoms with Crippen LogP contribution in [0.3, 0.4) is 0 Å². The molecule has 0 saturated carbocycles. The van der Waals surface area contributed by atoms with Crippen LogP contribution in [0.25, 0.3) is 0 Å². The molecule has 0 spiro atoms. The topological polar surface area (TPSA) is 46.2 Å². The molecule has 0 aliphatic heterocycles. The molecule has 3 nitrogen and oxygen atoms in total. The van der Waals surface area contributed by atoms with E-state index in [0.29, 0.717) is 20.5 Å². The molecule has 0 saturated heterocycles. The summed E-state index contributed by atoms with van der Waals surface area (Å²) in [5.41, 5.74) is 2.94. The fourth-order valence-corrected chi connectivity index (χ4v) is 3.36. The van der Waals surface area contributed by atoms with Crippen molar-refractivity contribution in [1.82, 2.24) is 5.32 Å². The Labute approximate surface area is 143 Å². The van der Waals surface area contributed by atoms with Gasteiger partial charge in [-0.25, -0.2) is 0 Å². The number of hydrogen-bond donors (Lipinski definition) is 1. The number of ketones is 1. The van der Waals surface area contributed by atoms with Gasteiger partial charge >= 0.3 is 0 Å². The molecule has 1 aromatic carbocycles. The van der Waals surface area contributed by atoms with Gasteiger partial charge in [0.05, 0.1) is 21.5 Å². The molecule has 6 heteroatoms. The number of aryl methyl sites for hydroxylation is 1. The fourth-order valence-electron chi connectivity index (χ4n) is 2.08. The Bertz CT molecular complexity index is 753. The predicted octanol–water partition coefficient (Wildman–Crippen LogP) is 4.59. The maximum atomic E-state index is 12.3. The van der Waals surface area contributed by atoms with Crippen molar-refractivity contribution in [3.63, 3.8) is 0 Å². The molecule has 0 aliphatic rings. The van der Waals surface area contributed by atoms with Crippen LogP contribution in [0.1, 0.15) is 36.7 Å². The maximum Gasteiger partial charge on any atom is 0.261 e. The molecule has 1 amide bonds. The van der Waals surface area contributed by atoms with Crippen LogP contribution in [-0.4, -0.2) is 18.2 Å². The SMILES string of the molecule is Cc1ccsc1C(=O)NCC(=O)c1cc(Cl)c(Cl)c(C)c1C. The first-order chi connectivity index (χ1) is 10.3. The fraction of sp³-hybridized carbons (Fsp3) is 0.250. The van der Waals surface area contributed by atoms with Crippen LogP contribution in [0.5, 0.6) is 0 Å². The van der Waals surface area contributed by atoms with E-state index in [1.807, 2.05) is 32.2 Å². The summed E-state index contributed by atoms with van der Waals surface area (Å²) >= 11 is 13.4. The van der Waals surface area contributed by atoms with E-state index < -0.39 is 0 Å². The number of Topliss-reactive ketones (excluding diaryl/α,β-unsaturated/α-hetero) is 1. The number of amides is 1. The lowest BCUT2D eigenvalue weighted by atomic mass is 10.00. The normalized spacial score (nSPS) is 10.6. The minimum Gasteiger partial charge on any atom is -0.344 e. The second-order valence-electron chi connectivity index (χ2n) is 5.01. The number of halogens is 2. The molecule has 0 fully saturated rings. The summed E-state index contributed by atoms with van der Waals surface area (Å²) in [4.78, 5) is 25.0. The van der Waals surface area contributed by atoms with Gasteiger partial charge in [-0.1, -0.05) is 23.2 Å². The Morgan fingerprint density at radius 2 is 1.86 bits per heavy atom. The third kappa shape index (κ3) is 3.35. The van der Waals surface area contributed by atoms with Crippen molar-refractivity contribution in [1.29, 1.82) is 0 Å². The van der Waals surface area contributed by atoms with Crippen molar-refractivity contribution in [2.45, 2.75) is 20.8 Å². The lowest BCUT2D eigenvalue weighted by Crippen LogP contribution is -2.29. The largest absolute Gasteiger partial charge is 0.344 e. The summed E-state index contributed by atoms with van der Waals surface area (Å²) < 4.78 is 0. The van der Waals surface area contributed by atoms with Crippen LogP contribution in [-0.2, 0) is 0 Å². The van der Waals surface area contributed by atoms with Crippen molar-refractivity contribution in [3.05, 3.63) is 54.7 Å². The highest BCUT2D eigenvalue weighted by atomic mass is 35.5. The van der Waals surface area contributed by atoms with E-state index in [9.17, 15) is 9.59 Å². The summed E-state index contributed by atoms with van der Waals surface area (Å²) in [5, 5.41) is 5.29. The summed E-state index contributed by atoms with van der Waals surface area (Å²) in [7, 11) is 0. The van der Waals surface area contributed by atoms with E-state index in [2.05, 4.69) is 5.32 Å². The number of thiophene rings is 1. The minimum absolute atomic E-state index is 0.0750. The second-order valence-corrected chi connectivity index (χ2v) is 6.71. The molecule has 116 valence electrons. The van der Waals surface area contributed by atoms with Crippen LogP contribution in [0.15, 0.2) is 17.5 Å². The number of nitrogens with one attached hydrogen (secondary N) is 1. The molecule has 2 rings (SSSR count). The Hall–Kier alpha value is -1.36. The van der Waals surface area contributed by atoms with E-state index >= 15 is 0 Å². The zero-order valence-electron chi connectivity index (χ0n) is 12.4. The lowest BCUT2D eigenvalue weighted by molar-refractivity contribution is 0.0906. The molecule has 0 atom stereocenters. The van der Waals surface area contributed by atoms with Gasteiger partial charge < -0.3 is 5.32 Å². The van der Waals surface area contributed by atoms with Crippen molar-refractivity contribution in [2.24, 2.45) is 0 Å². The van der Waals surface area contributed by atoms with Gasteiger partial charge in [0, 0.05) is 5.56 Å². The highest BCUT2D eigenvalue weighted by molar-refractivity contribution is 7.12. The summed E-state index contributed by atoms with van der Waals surface area (Å²) in [6, 6.07) is 3.42. The minimum atomic E-state index is -0.240. The zero-order valence-corrected chi connectivity index (χ0v) is 14.7. The molecule has 1 heterocycles. The monoisotopic (exact) mass is 355 g/mol. The molecule has 0 unspecified atom stereocenters. The van der Waals surface area contributed by atoms with Gasteiger partial charge in [0.15, 0.2) is 5.78 Å². The van der Waals surface area contributed by atoms with E-state index in [1.165, 1.54) is 11.3 Å². The van der Waals surface area contributed by atoms with Gasteiger partial charge in [0.25, 0.3) is 5.91 Å². The van der Waals surface area contributed by atoms with E-state index in [0.717, 1.165) is 16.7 Å². The number of hydrogen-bond acceptors (Lipinski definition) is 3. The van der Waals surface area contributed by atoms with Gasteiger partial charge in [-0.3, -0.25) is 9.59 Å². The second kappa shape index (κ2) is 6.82. The standard InChI is InChI=1S/C16H15Cl2NO2S/c1-8-4-5-22-15(8)16(21)19-7-13(20)11-6-12(17)14(18)10(3)9(11)2/h4-6H,7H2,1-3H3,(H,19,21). The summed E-state index contributed by atoms with van der Waals surface area (Å²) in [6.45, 7) is 5.41. The average Bonchev–Trinajstić information content (AvgIpc) is 2.92. The van der Waals surface area contributed by atoms with E-state index in [-0.39, 0.29) is 18.2 Å². The first-order valence-electron chi connectivity index (χ1n) is 6.63. The molecule has 0 radical (unpaired) electrons. The summed E-state index contributed by atoms with van der Waals surface area (Å²) in [6.07, 6.45) is 0. The van der Waals surface area contributed by atoms with E-state index in [4.69, 9.17) is 23.2 Å². The van der Waals surface area contributed by atoms with Crippen LogP contribution < -0.4 is 5.32 Å². The van der Waals surface area contributed by atoms with Crippen molar-refractivity contribution >= 4 is 46.2 Å². The summed E-state index contributed by atoms with van der Waals surface area (Å²) in [5.74, 6) is -0.433. The third-order valence-electron chi connectivity index (χ3n) is 3.55. The first kappa shape index (κ1) is 17.0. The van der Waals surface area contributed by atoms with Gasteiger partial charge in [-0.05, 0) is 55.0 Å². The number of benzene rings is 1. The van der Waals surface area contributed by atoms with Gasteiger partial charge in [0.1, 0.15) is 0 Å². The van der Waals surface area contributed by atoms with Crippen molar-refractivity contribution in [2.75, 3.05) is 6.54 Å². The Kier molecular flexibility index (Phi) is 5.27. The molecule has 0 bridgehead atoms. The Morgan fingerprint density at radius 1 is 1.18 bits per heavy atom. The lowest BCUT2D eigenvalue weighted by Gasteiger charge is -2.11. The molecule has 22 heavy (non-hydrogen) atoms. The molecule has 2 aromatic rings. The number of carbonyl (C=O) groups is 2. The average molecular weight is 356 g/mol. The quantitative estimate of drug-likeness (QED) is 0.815. The van der Waals surface area contributed by atoms with Gasteiger partial charge in [-0.2, -0.15) is 0 Å². The van der Waals surface area contributed by atoms with Gasteiger partial charge in [0.2, 0.25) is 0 Å². The first-order valence-corrected chi connectivity index (χ1v) is 8.27. The highest BCUT2D eigenvalue weighted by Gasteiger charge is 2.17. The molecule has 0 aliphatic carbocycles. The van der Waals surface area contributed by atoms with Crippen molar-refractivity contribution < 1.29 is 9.59 Å². The Balaban J connectivity index is 2.14. The van der Waals surface area contributed by atoms with Crippen LogP contribution in [0, 0.1) is 20.8 Å². The number of rotatable bonds is 4. The highest BCUT2D eigenvalue weighted by Crippen LogP contribution is 2.30. The molecule has 1 N–H and O–H groups in total. The smallest absolute Gasteiger partial charge is 0.261 e. The van der Waals surface area contributed by atoms with Gasteiger partial charge in [-0.15, -0.1) is 11.3 Å². The predicted molar refractivity (Wildman–Crippen MR) is 91.7 cm³/mol. The van der Waals surface area contributed by atoms with E-state index in [1.54, 1.807) is 6.07 Å². The number of carbonyl (C=O) groups excluding carboxylic acids is 2. The van der Waals surface area contributed by atoms with Crippen molar-refractivity contribution in [3.8, 4) is 0 Å². The Morgan fingerprint density at radius 3 is 2.45 bits per heavy atom. The third-order valence-corrected chi connectivity index (χ3v) is 5.45. The molecular formula is C16H15Cl2NO2S.